The summed E-state index contributed by atoms with van der Waals surface area (Å²) in [5, 5.41) is 11.5. The lowest BCUT2D eigenvalue weighted by molar-refractivity contribution is -0.105. The molecule has 0 aliphatic carbocycles. The van der Waals surface area contributed by atoms with Crippen LogP contribution in [0.15, 0.2) is 36.4 Å². The van der Waals surface area contributed by atoms with E-state index >= 15 is 0 Å². The number of carbonyl (C=O) groups excluding carboxylic acids is 1. The highest BCUT2D eigenvalue weighted by Gasteiger charge is 2.08. The summed E-state index contributed by atoms with van der Waals surface area (Å²) in [6, 6.07) is 11.2. The number of fused-ring (bicyclic) bond motifs is 1. The van der Waals surface area contributed by atoms with Gasteiger partial charge in [-0.3, -0.25) is 4.79 Å². The summed E-state index contributed by atoms with van der Waals surface area (Å²) >= 11 is 0. The van der Waals surface area contributed by atoms with E-state index in [-0.39, 0.29) is 0 Å². The van der Waals surface area contributed by atoms with E-state index in [1.807, 2.05) is 43.3 Å². The number of nitrogens with one attached hydrogen (secondary N) is 1. The molecule has 0 bridgehead atoms. The predicted molar refractivity (Wildman–Crippen MR) is 79.8 cm³/mol. The van der Waals surface area contributed by atoms with E-state index < -0.39 is 0 Å². The second-order valence-corrected chi connectivity index (χ2v) is 4.61. The summed E-state index contributed by atoms with van der Waals surface area (Å²) in [7, 11) is 1.62. The number of hydrogen-bond acceptors (Lipinski definition) is 4. The Labute approximate surface area is 121 Å². The van der Waals surface area contributed by atoms with Crippen molar-refractivity contribution < 1.29 is 9.53 Å². The van der Waals surface area contributed by atoms with Crippen LogP contribution < -0.4 is 10.1 Å². The molecule has 1 aromatic heterocycles. The number of ether oxygens (including phenoxy) is 1. The molecule has 1 amide bonds. The number of methoxy groups -OCH3 is 1. The first-order chi connectivity index (χ1) is 10.2. The largest absolute Gasteiger partial charge is 0.497 e. The maximum absolute atomic E-state index is 10.6. The first-order valence-corrected chi connectivity index (χ1v) is 6.43. The second-order valence-electron chi connectivity index (χ2n) is 4.61. The van der Waals surface area contributed by atoms with Gasteiger partial charge in [0.1, 0.15) is 16.8 Å². The monoisotopic (exact) mass is 282 g/mol. The molecule has 0 aliphatic rings. The van der Waals surface area contributed by atoms with E-state index in [9.17, 15) is 4.79 Å². The molecule has 0 saturated heterocycles. The molecule has 1 heterocycles. The van der Waals surface area contributed by atoms with Gasteiger partial charge in [0.25, 0.3) is 0 Å². The molecule has 0 spiro atoms. The van der Waals surface area contributed by atoms with Gasteiger partial charge in [0.15, 0.2) is 0 Å². The quantitative estimate of drug-likeness (QED) is 0.745. The number of carbonyl (C=O) groups is 1. The minimum atomic E-state index is 0.655. The summed E-state index contributed by atoms with van der Waals surface area (Å²) in [5.74, 6) is 0.781. The lowest BCUT2D eigenvalue weighted by Crippen LogP contribution is -1.98. The van der Waals surface area contributed by atoms with Crippen LogP contribution in [0.4, 0.5) is 5.69 Å². The molecule has 3 aromatic rings. The van der Waals surface area contributed by atoms with Gasteiger partial charge < -0.3 is 10.1 Å². The number of aromatic nitrogens is 3. The van der Waals surface area contributed by atoms with E-state index in [0.717, 1.165) is 33.7 Å². The number of nitrogens with zero attached hydrogens (tertiary/aromatic N) is 3. The van der Waals surface area contributed by atoms with Gasteiger partial charge >= 0.3 is 0 Å². The van der Waals surface area contributed by atoms with Crippen molar-refractivity contribution >= 4 is 23.1 Å². The molecular weight excluding hydrogens is 268 g/mol. The average Bonchev–Trinajstić information content (AvgIpc) is 2.91. The molecule has 1 N–H and O–H groups in total. The molecule has 6 nitrogen and oxygen atoms in total. The van der Waals surface area contributed by atoms with Crippen LogP contribution in [0.2, 0.25) is 0 Å². The van der Waals surface area contributed by atoms with Crippen LogP contribution in [0.5, 0.6) is 5.75 Å². The zero-order valence-corrected chi connectivity index (χ0v) is 11.7. The third-order valence-electron chi connectivity index (χ3n) is 3.24. The van der Waals surface area contributed by atoms with Crippen LogP contribution >= 0.6 is 0 Å². The minimum Gasteiger partial charge on any atom is -0.497 e. The Morgan fingerprint density at radius 1 is 1.14 bits per heavy atom. The molecule has 6 heteroatoms. The van der Waals surface area contributed by atoms with Crippen molar-refractivity contribution in [1.29, 1.82) is 0 Å². The number of anilines is 1. The predicted octanol–water partition coefficient (Wildman–Crippen LogP) is 2.31. The number of benzene rings is 2. The second kappa shape index (κ2) is 5.24. The lowest BCUT2D eigenvalue weighted by atomic mass is 10.2. The van der Waals surface area contributed by atoms with Crippen LogP contribution in [0.25, 0.3) is 16.7 Å². The maximum Gasteiger partial charge on any atom is 0.211 e. The van der Waals surface area contributed by atoms with Crippen molar-refractivity contribution in [3.63, 3.8) is 0 Å². The molecule has 21 heavy (non-hydrogen) atoms. The summed E-state index contributed by atoms with van der Waals surface area (Å²) in [4.78, 5) is 12.1. The van der Waals surface area contributed by atoms with Gasteiger partial charge in [0.05, 0.1) is 12.8 Å². The van der Waals surface area contributed by atoms with Crippen molar-refractivity contribution in [3.8, 4) is 11.4 Å². The highest BCUT2D eigenvalue weighted by molar-refractivity contribution is 5.84. The molecular formula is C15H14N4O2. The first kappa shape index (κ1) is 13.1. The zero-order chi connectivity index (χ0) is 14.8. The molecule has 2 aromatic carbocycles. The van der Waals surface area contributed by atoms with Crippen molar-refractivity contribution in [3.05, 3.63) is 42.0 Å². The SMILES string of the molecule is COc1ccc(-n2nc3cc(C)c(NC=O)cc3n2)cc1. The normalized spacial score (nSPS) is 10.6. The highest BCUT2D eigenvalue weighted by atomic mass is 16.5. The van der Waals surface area contributed by atoms with Gasteiger partial charge in [-0.2, -0.15) is 4.80 Å². The smallest absolute Gasteiger partial charge is 0.211 e. The van der Waals surface area contributed by atoms with E-state index in [4.69, 9.17) is 4.74 Å². The van der Waals surface area contributed by atoms with Crippen molar-refractivity contribution in [2.24, 2.45) is 0 Å². The fourth-order valence-electron chi connectivity index (χ4n) is 2.12. The summed E-state index contributed by atoms with van der Waals surface area (Å²) in [6.07, 6.45) is 0.655. The van der Waals surface area contributed by atoms with Crippen molar-refractivity contribution in [1.82, 2.24) is 15.0 Å². The molecule has 106 valence electrons. The van der Waals surface area contributed by atoms with Crippen LogP contribution in [0, 0.1) is 6.92 Å². The number of aryl methyl sites for hydroxylation is 1. The van der Waals surface area contributed by atoms with Gasteiger partial charge in [0.2, 0.25) is 6.41 Å². The van der Waals surface area contributed by atoms with Crippen LogP contribution in [-0.4, -0.2) is 28.5 Å². The van der Waals surface area contributed by atoms with Gasteiger partial charge in [-0.25, -0.2) is 0 Å². The third kappa shape index (κ3) is 2.43. The Morgan fingerprint density at radius 3 is 2.43 bits per heavy atom. The molecule has 0 unspecified atom stereocenters. The summed E-state index contributed by atoms with van der Waals surface area (Å²) in [5.41, 5.74) is 4.02. The molecule has 0 atom stereocenters. The fourth-order valence-corrected chi connectivity index (χ4v) is 2.12. The number of hydrogen-bond donors (Lipinski definition) is 1. The molecule has 0 fully saturated rings. The number of amides is 1. The maximum atomic E-state index is 10.6. The number of rotatable bonds is 4. The Morgan fingerprint density at radius 2 is 1.81 bits per heavy atom. The van der Waals surface area contributed by atoms with Crippen LogP contribution in [0.1, 0.15) is 5.56 Å². The van der Waals surface area contributed by atoms with E-state index in [1.54, 1.807) is 11.9 Å². The minimum absolute atomic E-state index is 0.655. The molecule has 0 radical (unpaired) electrons. The summed E-state index contributed by atoms with van der Waals surface area (Å²) < 4.78 is 5.13. The average molecular weight is 282 g/mol. The first-order valence-electron chi connectivity index (χ1n) is 6.43. The zero-order valence-electron chi connectivity index (χ0n) is 11.7. The van der Waals surface area contributed by atoms with E-state index in [0.29, 0.717) is 6.41 Å². The molecule has 0 saturated carbocycles. The van der Waals surface area contributed by atoms with Crippen molar-refractivity contribution in [2.45, 2.75) is 6.92 Å². The Hall–Kier alpha value is -2.89. The molecule has 0 aliphatic heterocycles. The molecule has 3 rings (SSSR count). The van der Waals surface area contributed by atoms with Gasteiger partial charge in [-0.1, -0.05) is 0 Å². The van der Waals surface area contributed by atoms with Gasteiger partial charge in [0, 0.05) is 5.69 Å². The van der Waals surface area contributed by atoms with Crippen LogP contribution in [-0.2, 0) is 4.79 Å². The van der Waals surface area contributed by atoms with E-state index in [1.165, 1.54) is 0 Å². The summed E-state index contributed by atoms with van der Waals surface area (Å²) in [6.45, 7) is 1.91. The standard InChI is InChI=1S/C15H14N4O2/c1-10-7-14-15(8-13(10)16-9-20)18-19(17-14)11-3-5-12(21-2)6-4-11/h3-9H,1-2H3,(H,16,20). The highest BCUT2D eigenvalue weighted by Crippen LogP contribution is 2.22. The fraction of sp³-hybridized carbons (Fsp3) is 0.133. The van der Waals surface area contributed by atoms with Gasteiger partial charge in [-0.05, 0) is 48.9 Å². The topological polar surface area (TPSA) is 69.0 Å². The van der Waals surface area contributed by atoms with Crippen LogP contribution in [0.3, 0.4) is 0 Å². The Bertz CT molecular complexity index is 793. The Kier molecular flexibility index (Phi) is 3.27. The van der Waals surface area contributed by atoms with Crippen molar-refractivity contribution in [2.75, 3.05) is 12.4 Å². The van der Waals surface area contributed by atoms with Gasteiger partial charge in [-0.15, -0.1) is 10.2 Å². The lowest BCUT2D eigenvalue weighted by Gasteiger charge is -2.01. The Balaban J connectivity index is 2.05. The van der Waals surface area contributed by atoms with E-state index in [2.05, 4.69) is 15.5 Å². The third-order valence-corrected chi connectivity index (χ3v) is 3.24.